The first kappa shape index (κ1) is 12.9. The van der Waals surface area contributed by atoms with Gasteiger partial charge in [-0.15, -0.1) is 11.6 Å². The highest BCUT2D eigenvalue weighted by Gasteiger charge is 2.17. The fraction of sp³-hybridized carbons (Fsp3) is 0.231. The third-order valence-electron chi connectivity index (χ3n) is 2.62. The van der Waals surface area contributed by atoms with Gasteiger partial charge in [-0.2, -0.15) is 11.3 Å². The second-order valence-electron chi connectivity index (χ2n) is 3.76. The van der Waals surface area contributed by atoms with E-state index in [1.165, 1.54) is 0 Å². The van der Waals surface area contributed by atoms with E-state index in [-0.39, 0.29) is 5.38 Å². The number of hydrogen-bond acceptors (Lipinski definition) is 2. The van der Waals surface area contributed by atoms with Crippen LogP contribution in [0.5, 0.6) is 5.75 Å². The predicted molar refractivity (Wildman–Crippen MR) is 77.4 cm³/mol. The van der Waals surface area contributed by atoms with Crippen LogP contribution in [0.4, 0.5) is 0 Å². The fourth-order valence-corrected chi connectivity index (χ4v) is 3.07. The third kappa shape index (κ3) is 2.67. The minimum atomic E-state index is -0.173. The average Bonchev–Trinajstić information content (AvgIpc) is 2.84. The summed E-state index contributed by atoms with van der Waals surface area (Å²) in [5, 5.41) is 3.92. The second-order valence-corrected chi connectivity index (χ2v) is 5.83. The molecular formula is C13H12BrClOS. The quantitative estimate of drug-likeness (QED) is 0.706. The van der Waals surface area contributed by atoms with Crippen molar-refractivity contribution in [2.75, 3.05) is 7.11 Å². The van der Waals surface area contributed by atoms with E-state index in [2.05, 4.69) is 21.3 Å². The molecule has 1 atom stereocenters. The van der Waals surface area contributed by atoms with Crippen LogP contribution < -0.4 is 4.74 Å². The molecule has 1 aromatic carbocycles. The summed E-state index contributed by atoms with van der Waals surface area (Å²) in [4.78, 5) is 0. The molecule has 0 radical (unpaired) electrons. The Hall–Kier alpha value is -0.510. The number of halogens is 2. The molecule has 0 saturated carbocycles. The van der Waals surface area contributed by atoms with Crippen molar-refractivity contribution in [2.45, 2.75) is 12.3 Å². The number of rotatable bonds is 3. The minimum Gasteiger partial charge on any atom is -0.496 e. The lowest BCUT2D eigenvalue weighted by atomic mass is 10.0. The van der Waals surface area contributed by atoms with Gasteiger partial charge in [-0.3, -0.25) is 0 Å². The SMILES string of the molecule is COc1cc(C)c(Br)cc1C(Cl)c1ccsc1. The molecule has 1 heterocycles. The third-order valence-corrected chi connectivity index (χ3v) is 4.66. The molecular weight excluding hydrogens is 320 g/mol. The summed E-state index contributed by atoms with van der Waals surface area (Å²) in [6, 6.07) is 6.07. The van der Waals surface area contributed by atoms with Crippen molar-refractivity contribution in [1.82, 2.24) is 0 Å². The fourth-order valence-electron chi connectivity index (χ4n) is 1.64. The largest absolute Gasteiger partial charge is 0.496 e. The Balaban J connectivity index is 2.47. The van der Waals surface area contributed by atoms with Gasteiger partial charge in [0, 0.05) is 10.0 Å². The molecule has 0 spiro atoms. The number of ether oxygens (including phenoxy) is 1. The predicted octanol–water partition coefficient (Wildman–Crippen LogP) is 5.16. The lowest BCUT2D eigenvalue weighted by Crippen LogP contribution is -1.97. The van der Waals surface area contributed by atoms with Crippen molar-refractivity contribution in [1.29, 1.82) is 0 Å². The van der Waals surface area contributed by atoms with Gasteiger partial charge in [0.1, 0.15) is 5.75 Å². The van der Waals surface area contributed by atoms with E-state index >= 15 is 0 Å². The molecule has 1 aromatic heterocycles. The first-order valence-corrected chi connectivity index (χ1v) is 7.31. The Morgan fingerprint density at radius 3 is 2.76 bits per heavy atom. The smallest absolute Gasteiger partial charge is 0.124 e. The maximum absolute atomic E-state index is 6.49. The Morgan fingerprint density at radius 1 is 1.41 bits per heavy atom. The molecule has 1 unspecified atom stereocenters. The van der Waals surface area contributed by atoms with Crippen LogP contribution >= 0.6 is 38.9 Å². The zero-order valence-electron chi connectivity index (χ0n) is 9.54. The zero-order chi connectivity index (χ0) is 12.4. The van der Waals surface area contributed by atoms with Gasteiger partial charge in [-0.05, 0) is 47.0 Å². The highest BCUT2D eigenvalue weighted by Crippen LogP contribution is 2.38. The van der Waals surface area contributed by atoms with Crippen LogP contribution in [0.25, 0.3) is 0 Å². The molecule has 0 amide bonds. The molecule has 0 N–H and O–H groups in total. The van der Waals surface area contributed by atoms with E-state index in [0.29, 0.717) is 0 Å². The number of alkyl halides is 1. The first-order valence-electron chi connectivity index (χ1n) is 5.13. The number of hydrogen-bond donors (Lipinski definition) is 0. The van der Waals surface area contributed by atoms with Crippen LogP contribution in [0, 0.1) is 6.92 Å². The Bertz CT molecular complexity index is 510. The van der Waals surface area contributed by atoms with Crippen molar-refractivity contribution in [3.05, 3.63) is 50.1 Å². The van der Waals surface area contributed by atoms with Crippen LogP contribution in [0.15, 0.2) is 33.4 Å². The molecule has 0 saturated heterocycles. The minimum absolute atomic E-state index is 0.173. The summed E-state index contributed by atoms with van der Waals surface area (Å²) in [7, 11) is 1.67. The molecule has 1 nitrogen and oxygen atoms in total. The van der Waals surface area contributed by atoms with Gasteiger partial charge >= 0.3 is 0 Å². The Kier molecular flexibility index (Phi) is 4.13. The van der Waals surface area contributed by atoms with Crippen LogP contribution in [-0.4, -0.2) is 7.11 Å². The number of benzene rings is 1. The van der Waals surface area contributed by atoms with Crippen molar-refractivity contribution >= 4 is 38.9 Å². The summed E-state index contributed by atoms with van der Waals surface area (Å²) >= 11 is 11.7. The molecule has 2 rings (SSSR count). The van der Waals surface area contributed by atoms with E-state index in [4.69, 9.17) is 16.3 Å². The number of aryl methyl sites for hydroxylation is 1. The molecule has 2 aromatic rings. The molecule has 0 bridgehead atoms. The second kappa shape index (κ2) is 5.42. The van der Waals surface area contributed by atoms with E-state index in [1.807, 2.05) is 30.5 Å². The molecule has 0 aliphatic rings. The van der Waals surface area contributed by atoms with Gasteiger partial charge in [0.15, 0.2) is 0 Å². The summed E-state index contributed by atoms with van der Waals surface area (Å²) in [5.41, 5.74) is 3.23. The normalized spacial score (nSPS) is 12.5. The number of methoxy groups -OCH3 is 1. The lowest BCUT2D eigenvalue weighted by molar-refractivity contribution is 0.409. The highest BCUT2D eigenvalue weighted by atomic mass is 79.9. The Labute approximate surface area is 119 Å². The molecule has 90 valence electrons. The van der Waals surface area contributed by atoms with E-state index < -0.39 is 0 Å². The zero-order valence-corrected chi connectivity index (χ0v) is 12.7. The maximum Gasteiger partial charge on any atom is 0.124 e. The van der Waals surface area contributed by atoms with Gasteiger partial charge < -0.3 is 4.74 Å². The van der Waals surface area contributed by atoms with Gasteiger partial charge in [-0.25, -0.2) is 0 Å². The summed E-state index contributed by atoms with van der Waals surface area (Å²) in [6.07, 6.45) is 0. The molecule has 0 fully saturated rings. The topological polar surface area (TPSA) is 9.23 Å². The van der Waals surface area contributed by atoms with Crippen molar-refractivity contribution in [3.63, 3.8) is 0 Å². The molecule has 17 heavy (non-hydrogen) atoms. The van der Waals surface area contributed by atoms with Crippen LogP contribution in [0.2, 0.25) is 0 Å². The van der Waals surface area contributed by atoms with E-state index in [9.17, 15) is 0 Å². The average molecular weight is 332 g/mol. The van der Waals surface area contributed by atoms with E-state index in [1.54, 1.807) is 18.4 Å². The van der Waals surface area contributed by atoms with Gasteiger partial charge in [0.25, 0.3) is 0 Å². The lowest BCUT2D eigenvalue weighted by Gasteiger charge is -2.15. The number of thiophene rings is 1. The standard InChI is InChI=1S/C13H12BrClOS/c1-8-5-12(16-2)10(6-11(8)14)13(15)9-3-4-17-7-9/h3-7,13H,1-2H3. The summed E-state index contributed by atoms with van der Waals surface area (Å²) in [5.74, 6) is 0.830. The highest BCUT2D eigenvalue weighted by molar-refractivity contribution is 9.10. The molecule has 4 heteroatoms. The van der Waals surface area contributed by atoms with Crippen molar-refractivity contribution in [2.24, 2.45) is 0 Å². The maximum atomic E-state index is 6.49. The van der Waals surface area contributed by atoms with Crippen LogP contribution in [-0.2, 0) is 0 Å². The van der Waals surface area contributed by atoms with Gasteiger partial charge in [0.05, 0.1) is 12.5 Å². The van der Waals surface area contributed by atoms with Crippen LogP contribution in [0.3, 0.4) is 0 Å². The molecule has 0 aliphatic carbocycles. The summed E-state index contributed by atoms with van der Waals surface area (Å²) in [6.45, 7) is 2.03. The Morgan fingerprint density at radius 2 is 2.18 bits per heavy atom. The van der Waals surface area contributed by atoms with Gasteiger partial charge in [0.2, 0.25) is 0 Å². The summed E-state index contributed by atoms with van der Waals surface area (Å²) < 4.78 is 6.45. The van der Waals surface area contributed by atoms with Crippen molar-refractivity contribution < 1.29 is 4.74 Å². The van der Waals surface area contributed by atoms with Crippen molar-refractivity contribution in [3.8, 4) is 5.75 Å². The van der Waals surface area contributed by atoms with E-state index in [0.717, 1.165) is 26.9 Å². The molecule has 0 aliphatic heterocycles. The monoisotopic (exact) mass is 330 g/mol. The van der Waals surface area contributed by atoms with Gasteiger partial charge in [-0.1, -0.05) is 15.9 Å². The first-order chi connectivity index (χ1) is 8.13. The van der Waals surface area contributed by atoms with Crippen LogP contribution in [0.1, 0.15) is 22.1 Å².